The molecule has 0 aliphatic carbocycles. The second-order valence-electron chi connectivity index (χ2n) is 5.36. The van der Waals surface area contributed by atoms with E-state index in [0.29, 0.717) is 0 Å². The maximum Gasteiger partial charge on any atom is 0.0704 e. The molecule has 1 aliphatic heterocycles. The highest BCUT2D eigenvalue weighted by Gasteiger charge is 2.16. The van der Waals surface area contributed by atoms with Gasteiger partial charge in [-0.2, -0.15) is 0 Å². The van der Waals surface area contributed by atoms with Crippen LogP contribution in [0, 0.1) is 20.8 Å². The summed E-state index contributed by atoms with van der Waals surface area (Å²) in [5.74, 6) is 0. The van der Waals surface area contributed by atoms with Crippen LogP contribution in [0.5, 0.6) is 0 Å². The van der Waals surface area contributed by atoms with Crippen LogP contribution in [0.1, 0.15) is 33.9 Å². The molecule has 0 fully saturated rings. The van der Waals surface area contributed by atoms with E-state index < -0.39 is 0 Å². The Hall–Kier alpha value is -2.02. The molecule has 1 atom stereocenters. The molecule has 0 aromatic heterocycles. The molecule has 0 saturated carbocycles. The number of anilines is 1. The number of aryl methyl sites for hydroxylation is 2. The highest BCUT2D eigenvalue weighted by molar-refractivity contribution is 5.71. The first kappa shape index (κ1) is 12.0. The molecular weight excluding hydrogens is 230 g/mol. The molecule has 0 radical (unpaired) electrons. The van der Waals surface area contributed by atoms with Gasteiger partial charge in [-0.1, -0.05) is 48.0 Å². The van der Waals surface area contributed by atoms with E-state index in [1.807, 2.05) is 0 Å². The van der Waals surface area contributed by atoms with Crippen LogP contribution < -0.4 is 5.32 Å². The molecule has 1 heterocycles. The fourth-order valence-corrected chi connectivity index (χ4v) is 2.77. The lowest BCUT2D eigenvalue weighted by atomic mass is 9.92. The summed E-state index contributed by atoms with van der Waals surface area (Å²) in [7, 11) is 0. The molecular formula is C18H19N. The molecule has 2 aromatic carbocycles. The number of rotatable bonds is 1. The number of hydrogen-bond donors (Lipinski definition) is 1. The van der Waals surface area contributed by atoms with Gasteiger partial charge in [0.25, 0.3) is 0 Å². The van der Waals surface area contributed by atoms with Gasteiger partial charge >= 0.3 is 0 Å². The third kappa shape index (κ3) is 2.17. The summed E-state index contributed by atoms with van der Waals surface area (Å²) < 4.78 is 0. The summed E-state index contributed by atoms with van der Waals surface area (Å²) >= 11 is 0. The first-order chi connectivity index (χ1) is 9.15. The average Bonchev–Trinajstić information content (AvgIpc) is 2.42. The Morgan fingerprint density at radius 1 is 1.00 bits per heavy atom. The molecule has 1 unspecified atom stereocenters. The zero-order valence-electron chi connectivity index (χ0n) is 11.7. The zero-order chi connectivity index (χ0) is 13.4. The van der Waals surface area contributed by atoms with Crippen molar-refractivity contribution in [1.29, 1.82) is 0 Å². The fraction of sp³-hybridized carbons (Fsp3) is 0.222. The molecule has 0 spiro atoms. The van der Waals surface area contributed by atoms with Crippen molar-refractivity contribution in [3.8, 4) is 0 Å². The largest absolute Gasteiger partial charge is 0.374 e. The van der Waals surface area contributed by atoms with Gasteiger partial charge in [0.05, 0.1) is 6.04 Å². The maximum absolute atomic E-state index is 3.62. The van der Waals surface area contributed by atoms with Gasteiger partial charge in [0.1, 0.15) is 0 Å². The molecule has 96 valence electrons. The Kier molecular flexibility index (Phi) is 2.90. The van der Waals surface area contributed by atoms with Gasteiger partial charge in [0.15, 0.2) is 0 Å². The van der Waals surface area contributed by atoms with Crippen molar-refractivity contribution in [3.05, 3.63) is 70.3 Å². The second-order valence-corrected chi connectivity index (χ2v) is 5.36. The minimum Gasteiger partial charge on any atom is -0.374 e. The fourth-order valence-electron chi connectivity index (χ4n) is 2.77. The van der Waals surface area contributed by atoms with Gasteiger partial charge in [0.2, 0.25) is 0 Å². The van der Waals surface area contributed by atoms with Crippen molar-refractivity contribution in [2.24, 2.45) is 0 Å². The van der Waals surface area contributed by atoms with Crippen LogP contribution in [0.2, 0.25) is 0 Å². The Balaban J connectivity index is 2.03. The average molecular weight is 249 g/mol. The van der Waals surface area contributed by atoms with Gasteiger partial charge in [-0.05, 0) is 49.1 Å². The molecule has 0 saturated heterocycles. The van der Waals surface area contributed by atoms with Crippen LogP contribution >= 0.6 is 0 Å². The summed E-state index contributed by atoms with van der Waals surface area (Å²) in [4.78, 5) is 0. The van der Waals surface area contributed by atoms with Crippen LogP contribution in [-0.4, -0.2) is 0 Å². The topological polar surface area (TPSA) is 12.0 Å². The van der Waals surface area contributed by atoms with E-state index in [1.54, 1.807) is 0 Å². The van der Waals surface area contributed by atoms with Crippen molar-refractivity contribution >= 4 is 11.8 Å². The van der Waals surface area contributed by atoms with Gasteiger partial charge < -0.3 is 5.32 Å². The van der Waals surface area contributed by atoms with Crippen molar-refractivity contribution in [3.63, 3.8) is 0 Å². The van der Waals surface area contributed by atoms with E-state index in [4.69, 9.17) is 0 Å². The van der Waals surface area contributed by atoms with Crippen molar-refractivity contribution in [1.82, 2.24) is 0 Å². The lowest BCUT2D eigenvalue weighted by Gasteiger charge is -2.25. The predicted octanol–water partition coefficient (Wildman–Crippen LogP) is 4.79. The highest BCUT2D eigenvalue weighted by Crippen LogP contribution is 2.32. The van der Waals surface area contributed by atoms with Crippen LogP contribution in [0.3, 0.4) is 0 Å². The van der Waals surface area contributed by atoms with Crippen molar-refractivity contribution in [2.75, 3.05) is 5.32 Å². The molecule has 0 bridgehead atoms. The second kappa shape index (κ2) is 4.58. The Morgan fingerprint density at radius 3 is 2.63 bits per heavy atom. The van der Waals surface area contributed by atoms with Crippen molar-refractivity contribution < 1.29 is 0 Å². The number of fused-ring (bicyclic) bond motifs is 1. The lowest BCUT2D eigenvalue weighted by molar-refractivity contribution is 0.954. The van der Waals surface area contributed by atoms with E-state index in [0.717, 1.165) is 0 Å². The first-order valence-corrected chi connectivity index (χ1v) is 6.76. The quantitative estimate of drug-likeness (QED) is 0.766. The number of benzene rings is 2. The van der Waals surface area contributed by atoms with Gasteiger partial charge in [-0.25, -0.2) is 0 Å². The molecule has 0 amide bonds. The normalized spacial score (nSPS) is 16.9. The first-order valence-electron chi connectivity index (χ1n) is 6.76. The number of hydrogen-bond acceptors (Lipinski definition) is 1. The standard InChI is InChI=1S/C18H19N/c1-12-10-13(2)14(3)16(11-12)18-9-8-15-6-4-5-7-17(15)19-18/h4-11,18-19H,1-3H3. The minimum absolute atomic E-state index is 0.272. The lowest BCUT2D eigenvalue weighted by Crippen LogP contribution is -2.14. The molecule has 1 heteroatoms. The van der Waals surface area contributed by atoms with Gasteiger partial charge in [-0.3, -0.25) is 0 Å². The summed E-state index contributed by atoms with van der Waals surface area (Å²) in [6.45, 7) is 6.56. The molecule has 2 aromatic rings. The number of nitrogens with one attached hydrogen (secondary N) is 1. The molecule has 1 N–H and O–H groups in total. The third-order valence-electron chi connectivity index (χ3n) is 3.93. The van der Waals surface area contributed by atoms with E-state index in [1.165, 1.54) is 33.5 Å². The maximum atomic E-state index is 3.62. The molecule has 3 rings (SSSR count). The third-order valence-corrected chi connectivity index (χ3v) is 3.93. The van der Waals surface area contributed by atoms with Crippen LogP contribution in [0.25, 0.3) is 6.08 Å². The smallest absolute Gasteiger partial charge is 0.0704 e. The Bertz CT molecular complexity index is 653. The number of para-hydroxylation sites is 1. The van der Waals surface area contributed by atoms with E-state index in [2.05, 4.69) is 74.6 Å². The monoisotopic (exact) mass is 249 g/mol. The zero-order valence-corrected chi connectivity index (χ0v) is 11.7. The van der Waals surface area contributed by atoms with Crippen LogP contribution in [0.4, 0.5) is 5.69 Å². The van der Waals surface area contributed by atoms with E-state index in [-0.39, 0.29) is 6.04 Å². The summed E-state index contributed by atoms with van der Waals surface area (Å²) in [5.41, 5.74) is 7.93. The minimum atomic E-state index is 0.272. The summed E-state index contributed by atoms with van der Waals surface area (Å²) in [6.07, 6.45) is 4.47. The van der Waals surface area contributed by atoms with Gasteiger partial charge in [0, 0.05) is 5.69 Å². The molecule has 1 aliphatic rings. The van der Waals surface area contributed by atoms with Gasteiger partial charge in [-0.15, -0.1) is 0 Å². The predicted molar refractivity (Wildman–Crippen MR) is 82.5 cm³/mol. The molecule has 1 nitrogen and oxygen atoms in total. The highest BCUT2D eigenvalue weighted by atomic mass is 14.9. The summed E-state index contributed by atoms with van der Waals surface area (Å²) in [5, 5.41) is 3.62. The van der Waals surface area contributed by atoms with Crippen LogP contribution in [0.15, 0.2) is 42.5 Å². The Morgan fingerprint density at radius 2 is 1.79 bits per heavy atom. The Labute approximate surface area is 115 Å². The SMILES string of the molecule is Cc1cc(C)c(C)c(C2C=Cc3ccccc3N2)c1. The van der Waals surface area contributed by atoms with E-state index >= 15 is 0 Å². The molecule has 19 heavy (non-hydrogen) atoms. The van der Waals surface area contributed by atoms with Crippen molar-refractivity contribution in [2.45, 2.75) is 26.8 Å². The van der Waals surface area contributed by atoms with Crippen LogP contribution in [-0.2, 0) is 0 Å². The van der Waals surface area contributed by atoms with E-state index in [9.17, 15) is 0 Å². The summed E-state index contributed by atoms with van der Waals surface area (Å²) in [6, 6.07) is 13.3.